The molecule has 0 unspecified atom stereocenters. The van der Waals surface area contributed by atoms with Gasteiger partial charge < -0.3 is 15.8 Å². The predicted molar refractivity (Wildman–Crippen MR) is 87.5 cm³/mol. The highest BCUT2D eigenvalue weighted by molar-refractivity contribution is 9.11. The van der Waals surface area contributed by atoms with Gasteiger partial charge in [0.25, 0.3) is 0 Å². The summed E-state index contributed by atoms with van der Waals surface area (Å²) < 4.78 is 6.44. The summed E-state index contributed by atoms with van der Waals surface area (Å²) in [6.07, 6.45) is 2.30. The van der Waals surface area contributed by atoms with E-state index in [0.29, 0.717) is 26.3 Å². The molecule has 0 saturated carbocycles. The van der Waals surface area contributed by atoms with Crippen LogP contribution in [0.4, 0.5) is 0 Å². The Balaban J connectivity index is 0.00000200. The molecule has 1 amide bonds. The molecular formula is C13H20BrClN2O2S. The molecular weight excluding hydrogens is 364 g/mol. The highest BCUT2D eigenvalue weighted by Gasteiger charge is 2.38. The average Bonchev–Trinajstić information content (AvgIpc) is 2.85. The van der Waals surface area contributed by atoms with Crippen molar-refractivity contribution < 1.29 is 9.53 Å². The maximum Gasteiger partial charge on any atom is 0.227 e. The maximum absolute atomic E-state index is 12.3. The van der Waals surface area contributed by atoms with E-state index in [-0.39, 0.29) is 18.3 Å². The fourth-order valence-corrected chi connectivity index (χ4v) is 3.74. The number of carbonyl (C=O) groups is 1. The van der Waals surface area contributed by atoms with Crippen molar-refractivity contribution in [3.05, 3.63) is 20.8 Å². The summed E-state index contributed by atoms with van der Waals surface area (Å²) in [6, 6.07) is 4.11. The van der Waals surface area contributed by atoms with Gasteiger partial charge in [0, 0.05) is 31.2 Å². The molecule has 4 nitrogen and oxygen atoms in total. The summed E-state index contributed by atoms with van der Waals surface area (Å²) in [5.74, 6) is 0.0777. The molecule has 20 heavy (non-hydrogen) atoms. The Labute approximate surface area is 138 Å². The first-order valence-electron chi connectivity index (χ1n) is 6.47. The lowest BCUT2D eigenvalue weighted by Crippen LogP contribution is -2.49. The van der Waals surface area contributed by atoms with Gasteiger partial charge in [0.15, 0.2) is 0 Å². The first-order chi connectivity index (χ1) is 9.16. The Morgan fingerprint density at radius 2 is 2.15 bits per heavy atom. The van der Waals surface area contributed by atoms with Crippen molar-refractivity contribution in [2.45, 2.75) is 19.3 Å². The van der Waals surface area contributed by atoms with Gasteiger partial charge in [-0.15, -0.1) is 23.7 Å². The van der Waals surface area contributed by atoms with Crippen LogP contribution in [0.1, 0.15) is 17.7 Å². The Morgan fingerprint density at radius 3 is 2.70 bits per heavy atom. The van der Waals surface area contributed by atoms with Crippen molar-refractivity contribution in [3.63, 3.8) is 0 Å². The number of halogens is 2. The van der Waals surface area contributed by atoms with Crippen LogP contribution in [0.5, 0.6) is 0 Å². The lowest BCUT2D eigenvalue weighted by molar-refractivity contribution is -0.135. The molecule has 0 radical (unpaired) electrons. The standard InChI is InChI=1S/C13H19BrN2O2S.ClH/c14-11-2-1-10(19-11)3-6-16-12(17)13(9-15)4-7-18-8-5-13;/h1-2H,3-9,15H2,(H,16,17);1H. The SMILES string of the molecule is Cl.NCC1(C(=O)NCCc2ccc(Br)s2)CCOCC1. The third kappa shape index (κ3) is 4.43. The first kappa shape index (κ1) is 17.9. The van der Waals surface area contributed by atoms with Gasteiger partial charge in [-0.2, -0.15) is 0 Å². The van der Waals surface area contributed by atoms with E-state index in [1.807, 2.05) is 6.07 Å². The monoisotopic (exact) mass is 382 g/mol. The molecule has 0 aliphatic carbocycles. The molecule has 1 saturated heterocycles. The van der Waals surface area contributed by atoms with Crippen LogP contribution in [0.2, 0.25) is 0 Å². The zero-order chi connectivity index (χ0) is 13.7. The highest BCUT2D eigenvalue weighted by Crippen LogP contribution is 2.29. The van der Waals surface area contributed by atoms with E-state index in [2.05, 4.69) is 27.3 Å². The molecule has 2 rings (SSSR count). The molecule has 0 spiro atoms. The second-order valence-corrected chi connectivity index (χ2v) is 7.36. The Bertz CT molecular complexity index is 436. The third-order valence-electron chi connectivity index (χ3n) is 3.61. The lowest BCUT2D eigenvalue weighted by Gasteiger charge is -2.34. The Kier molecular flexibility index (Phi) is 7.47. The predicted octanol–water partition coefficient (Wildman–Crippen LogP) is 2.35. The molecule has 1 aliphatic heterocycles. The van der Waals surface area contributed by atoms with Crippen molar-refractivity contribution in [1.29, 1.82) is 0 Å². The largest absolute Gasteiger partial charge is 0.381 e. The summed E-state index contributed by atoms with van der Waals surface area (Å²) in [7, 11) is 0. The number of thiophene rings is 1. The van der Waals surface area contributed by atoms with Crippen molar-refractivity contribution in [2.75, 3.05) is 26.3 Å². The fraction of sp³-hybridized carbons (Fsp3) is 0.615. The summed E-state index contributed by atoms with van der Waals surface area (Å²) in [6.45, 7) is 2.31. The molecule has 7 heteroatoms. The van der Waals surface area contributed by atoms with E-state index in [1.54, 1.807) is 11.3 Å². The number of hydrogen-bond acceptors (Lipinski definition) is 4. The van der Waals surface area contributed by atoms with Crippen molar-refractivity contribution in [2.24, 2.45) is 11.1 Å². The number of nitrogens with one attached hydrogen (secondary N) is 1. The summed E-state index contributed by atoms with van der Waals surface area (Å²) in [4.78, 5) is 13.6. The summed E-state index contributed by atoms with van der Waals surface area (Å²) >= 11 is 5.14. The smallest absolute Gasteiger partial charge is 0.227 e. The normalized spacial score (nSPS) is 17.3. The van der Waals surface area contributed by atoms with Crippen LogP contribution in [-0.2, 0) is 16.0 Å². The Hall–Kier alpha value is -0.140. The lowest BCUT2D eigenvalue weighted by atomic mass is 9.79. The van der Waals surface area contributed by atoms with Gasteiger partial charge in [-0.3, -0.25) is 4.79 Å². The zero-order valence-electron chi connectivity index (χ0n) is 11.2. The first-order valence-corrected chi connectivity index (χ1v) is 8.07. The average molecular weight is 384 g/mol. The summed E-state index contributed by atoms with van der Waals surface area (Å²) in [5, 5.41) is 3.02. The zero-order valence-corrected chi connectivity index (χ0v) is 14.4. The van der Waals surface area contributed by atoms with Gasteiger partial charge in [-0.25, -0.2) is 0 Å². The van der Waals surface area contributed by atoms with Crippen molar-refractivity contribution >= 4 is 45.6 Å². The quantitative estimate of drug-likeness (QED) is 0.820. The second kappa shape index (κ2) is 8.34. The molecule has 1 aliphatic rings. The fourth-order valence-electron chi connectivity index (χ4n) is 2.26. The third-order valence-corrected chi connectivity index (χ3v) is 5.29. The molecule has 1 fully saturated rings. The van der Waals surface area contributed by atoms with Gasteiger partial charge in [-0.05, 0) is 47.3 Å². The molecule has 1 aromatic heterocycles. The number of ether oxygens (including phenoxy) is 1. The Morgan fingerprint density at radius 1 is 1.45 bits per heavy atom. The van der Waals surface area contributed by atoms with Gasteiger partial charge in [0.1, 0.15) is 0 Å². The minimum Gasteiger partial charge on any atom is -0.381 e. The van der Waals surface area contributed by atoms with E-state index in [1.165, 1.54) is 4.88 Å². The van der Waals surface area contributed by atoms with Crippen LogP contribution in [0.25, 0.3) is 0 Å². The maximum atomic E-state index is 12.3. The molecule has 114 valence electrons. The van der Waals surface area contributed by atoms with Gasteiger partial charge >= 0.3 is 0 Å². The van der Waals surface area contributed by atoms with Crippen LogP contribution >= 0.6 is 39.7 Å². The summed E-state index contributed by atoms with van der Waals surface area (Å²) in [5.41, 5.74) is 5.38. The molecule has 2 heterocycles. The van der Waals surface area contributed by atoms with E-state index in [9.17, 15) is 4.79 Å². The second-order valence-electron chi connectivity index (χ2n) is 4.81. The number of carbonyl (C=O) groups excluding carboxylic acids is 1. The minimum atomic E-state index is -0.422. The van der Waals surface area contributed by atoms with E-state index >= 15 is 0 Å². The number of rotatable bonds is 5. The van der Waals surface area contributed by atoms with Gasteiger partial charge in [-0.1, -0.05) is 0 Å². The van der Waals surface area contributed by atoms with Gasteiger partial charge in [0.2, 0.25) is 5.91 Å². The van der Waals surface area contributed by atoms with Crippen LogP contribution in [0.3, 0.4) is 0 Å². The van der Waals surface area contributed by atoms with Crippen LogP contribution in [-0.4, -0.2) is 32.2 Å². The minimum absolute atomic E-state index is 0. The molecule has 1 aromatic rings. The van der Waals surface area contributed by atoms with Crippen molar-refractivity contribution in [3.8, 4) is 0 Å². The van der Waals surface area contributed by atoms with E-state index in [4.69, 9.17) is 10.5 Å². The number of hydrogen-bond donors (Lipinski definition) is 2. The molecule has 0 bridgehead atoms. The number of nitrogens with two attached hydrogens (primary N) is 1. The topological polar surface area (TPSA) is 64.4 Å². The van der Waals surface area contributed by atoms with E-state index < -0.39 is 5.41 Å². The van der Waals surface area contributed by atoms with Crippen LogP contribution < -0.4 is 11.1 Å². The van der Waals surface area contributed by atoms with Crippen LogP contribution in [0.15, 0.2) is 15.9 Å². The van der Waals surface area contributed by atoms with Crippen molar-refractivity contribution in [1.82, 2.24) is 5.32 Å². The van der Waals surface area contributed by atoms with E-state index in [0.717, 1.165) is 23.0 Å². The number of amides is 1. The van der Waals surface area contributed by atoms with Crippen LogP contribution in [0, 0.1) is 5.41 Å². The van der Waals surface area contributed by atoms with Gasteiger partial charge in [0.05, 0.1) is 9.20 Å². The highest BCUT2D eigenvalue weighted by atomic mass is 79.9. The molecule has 0 atom stereocenters. The molecule has 3 N–H and O–H groups in total. The molecule has 0 aromatic carbocycles.